The van der Waals surface area contributed by atoms with E-state index in [0.29, 0.717) is 75.0 Å². The predicted octanol–water partition coefficient (Wildman–Crippen LogP) is 9.13. The summed E-state index contributed by atoms with van der Waals surface area (Å²) in [5.74, 6) is 1.19. The van der Waals surface area contributed by atoms with Gasteiger partial charge in [-0.25, -0.2) is 0 Å². The van der Waals surface area contributed by atoms with Crippen molar-refractivity contribution in [3.63, 3.8) is 0 Å². The second-order valence-corrected chi connectivity index (χ2v) is 14.5. The van der Waals surface area contributed by atoms with Gasteiger partial charge < -0.3 is 30.0 Å². The molecule has 0 aliphatic rings. The Morgan fingerprint density at radius 2 is 1.37 bits per heavy atom. The lowest BCUT2D eigenvalue weighted by molar-refractivity contribution is 0.264. The zero-order valence-electron chi connectivity index (χ0n) is 30.2. The van der Waals surface area contributed by atoms with E-state index in [1.807, 2.05) is 81.4 Å². The van der Waals surface area contributed by atoms with Crippen molar-refractivity contribution in [3.8, 4) is 51.9 Å². The summed E-state index contributed by atoms with van der Waals surface area (Å²) in [5, 5.41) is 35.6. The number of hydrogen-bond acceptors (Lipinski definition) is 9. The van der Waals surface area contributed by atoms with Gasteiger partial charge >= 0.3 is 0 Å². The average molecular weight is 785 g/mol. The summed E-state index contributed by atoms with van der Waals surface area (Å²) in [6.45, 7) is 8.42. The van der Waals surface area contributed by atoms with Crippen molar-refractivity contribution in [2.75, 3.05) is 26.3 Å². The number of nitriles is 2. The zero-order valence-corrected chi connectivity index (χ0v) is 32.4. The fourth-order valence-corrected chi connectivity index (χ4v) is 6.30. The van der Waals surface area contributed by atoms with Crippen LogP contribution in [-0.2, 0) is 19.8 Å². The minimum atomic E-state index is -0.190. The van der Waals surface area contributed by atoms with Crippen molar-refractivity contribution in [2.24, 2.45) is 0 Å². The summed E-state index contributed by atoms with van der Waals surface area (Å²) >= 11 is 20.8. The molecular formula is C42H40Cl3N5O4. The monoisotopic (exact) mass is 783 g/mol. The third-order valence-electron chi connectivity index (χ3n) is 8.15. The molecule has 0 bridgehead atoms. The highest BCUT2D eigenvalue weighted by molar-refractivity contribution is 6.38. The Hall–Kier alpha value is -4.84. The third kappa shape index (κ3) is 10.9. The lowest BCUT2D eigenvalue weighted by Gasteiger charge is -2.22. The Morgan fingerprint density at radius 3 is 2.04 bits per heavy atom. The molecule has 5 aromatic rings. The summed E-state index contributed by atoms with van der Waals surface area (Å²) in [4.78, 5) is 4.66. The molecule has 3 N–H and O–H groups in total. The molecule has 0 radical (unpaired) electrons. The first kappa shape index (κ1) is 40.3. The first-order valence-corrected chi connectivity index (χ1v) is 18.4. The highest BCUT2D eigenvalue weighted by Crippen LogP contribution is 2.41. The van der Waals surface area contributed by atoms with Crippen LogP contribution in [0.2, 0.25) is 15.1 Å². The summed E-state index contributed by atoms with van der Waals surface area (Å²) in [6.07, 6.45) is 0. The number of rotatable bonds is 16. The molecule has 0 saturated carbocycles. The smallest absolute Gasteiger partial charge is 0.236 e. The highest BCUT2D eigenvalue weighted by Gasteiger charge is 2.19. The van der Waals surface area contributed by atoms with Crippen LogP contribution in [-0.4, -0.2) is 41.9 Å². The molecule has 1 aromatic heterocycles. The molecule has 0 aliphatic heterocycles. The number of benzene rings is 4. The van der Waals surface area contributed by atoms with Crippen LogP contribution in [0.25, 0.3) is 22.3 Å². The van der Waals surface area contributed by atoms with Crippen LogP contribution in [0, 0.1) is 22.7 Å². The number of halogens is 3. The number of aromatic nitrogens is 1. The van der Waals surface area contributed by atoms with E-state index in [4.69, 9.17) is 54.1 Å². The van der Waals surface area contributed by atoms with E-state index >= 15 is 0 Å². The average Bonchev–Trinajstić information content (AvgIpc) is 3.16. The van der Waals surface area contributed by atoms with E-state index < -0.39 is 0 Å². The molecule has 1 heterocycles. The van der Waals surface area contributed by atoms with Crippen LogP contribution in [0.3, 0.4) is 0 Å². The molecule has 0 amide bonds. The van der Waals surface area contributed by atoms with Crippen molar-refractivity contribution in [1.82, 2.24) is 15.6 Å². The number of pyridine rings is 1. The molecular weight excluding hydrogens is 745 g/mol. The number of nitrogens with one attached hydrogen (secondary N) is 2. The lowest BCUT2D eigenvalue weighted by atomic mass is 9.97. The van der Waals surface area contributed by atoms with Crippen LogP contribution in [0.1, 0.15) is 48.6 Å². The number of ether oxygens (including phenoxy) is 3. The molecule has 9 nitrogen and oxygen atoms in total. The van der Waals surface area contributed by atoms with Crippen molar-refractivity contribution in [1.29, 1.82) is 10.5 Å². The maximum absolute atomic E-state index is 9.42. The number of aliphatic hydroxyl groups excluding tert-OH is 1. The fourth-order valence-electron chi connectivity index (χ4n) is 5.45. The van der Waals surface area contributed by atoms with Gasteiger partial charge in [-0.3, -0.25) is 0 Å². The van der Waals surface area contributed by atoms with Gasteiger partial charge in [0, 0.05) is 53.0 Å². The number of nitrogens with zero attached hydrogens (tertiary/aromatic N) is 3. The molecule has 0 saturated heterocycles. The zero-order chi connectivity index (χ0) is 38.7. The highest BCUT2D eigenvalue weighted by atomic mass is 35.5. The Balaban J connectivity index is 1.35. The molecule has 12 heteroatoms. The molecule has 278 valence electrons. The van der Waals surface area contributed by atoms with Gasteiger partial charge in [-0.05, 0) is 68.3 Å². The number of aliphatic hydroxyl groups is 1. The van der Waals surface area contributed by atoms with Gasteiger partial charge in [-0.15, -0.1) is 0 Å². The van der Waals surface area contributed by atoms with Gasteiger partial charge in [0.25, 0.3) is 0 Å². The summed E-state index contributed by atoms with van der Waals surface area (Å²) < 4.78 is 18.1. The maximum Gasteiger partial charge on any atom is 0.236 e. The first-order chi connectivity index (χ1) is 26.0. The summed E-state index contributed by atoms with van der Waals surface area (Å²) in [5.41, 5.74) is 5.86. The van der Waals surface area contributed by atoms with Crippen molar-refractivity contribution in [2.45, 2.75) is 46.1 Å². The molecule has 4 aromatic carbocycles. The van der Waals surface area contributed by atoms with E-state index in [9.17, 15) is 10.5 Å². The second-order valence-electron chi connectivity index (χ2n) is 13.4. The van der Waals surface area contributed by atoms with E-state index in [-0.39, 0.29) is 31.2 Å². The van der Waals surface area contributed by atoms with Gasteiger partial charge in [0.05, 0.1) is 39.9 Å². The molecule has 0 atom stereocenters. The molecule has 5 rings (SSSR count). The predicted molar refractivity (Wildman–Crippen MR) is 213 cm³/mol. The first-order valence-electron chi connectivity index (χ1n) is 17.2. The van der Waals surface area contributed by atoms with Gasteiger partial charge in [0.2, 0.25) is 11.8 Å². The van der Waals surface area contributed by atoms with Gasteiger partial charge in [0.1, 0.15) is 30.6 Å². The van der Waals surface area contributed by atoms with Crippen LogP contribution in [0.15, 0.2) is 84.9 Å². The summed E-state index contributed by atoms with van der Waals surface area (Å²) in [6, 6.07) is 30.0. The standard InChI is InChI=1S/C42H40Cl3N5O4/c1-42(2,3)49-24-32-21-37(43)41(50-40(32)53-25-29-19-27(22-46)18-28(20-29)23-47)54-26-31-6-4-8-35(38(31)44)36-9-5-7-34(39(36)45)30-10-12-33(13-11-30)52-17-15-48-14-16-51/h4-13,18-21,48-49,51H,14-17,24-26H2,1-3H3. The van der Waals surface area contributed by atoms with Crippen molar-refractivity contribution >= 4 is 34.8 Å². The Labute approximate surface area is 331 Å². The summed E-state index contributed by atoms with van der Waals surface area (Å²) in [7, 11) is 0. The van der Waals surface area contributed by atoms with Gasteiger partial charge in [0.15, 0.2) is 0 Å². The number of hydrogen-bond donors (Lipinski definition) is 3. The quantitative estimate of drug-likeness (QED) is 0.0839. The van der Waals surface area contributed by atoms with Crippen molar-refractivity contribution < 1.29 is 19.3 Å². The van der Waals surface area contributed by atoms with Crippen molar-refractivity contribution in [3.05, 3.63) is 128 Å². The molecule has 0 aliphatic carbocycles. The SMILES string of the molecule is CC(C)(C)NCc1cc(Cl)c(OCc2cccc(-c3cccc(-c4ccc(OCCNCCO)cc4)c3Cl)c2Cl)nc1OCc1cc(C#N)cc(C#N)c1. The second kappa shape index (κ2) is 19.0. The van der Waals surface area contributed by atoms with E-state index in [0.717, 1.165) is 28.0 Å². The minimum absolute atomic E-state index is 0.0580. The molecule has 54 heavy (non-hydrogen) atoms. The molecule has 0 spiro atoms. The van der Waals surface area contributed by atoms with E-state index in [1.165, 1.54) is 6.07 Å². The van der Waals surface area contributed by atoms with Gasteiger partial charge in [-0.2, -0.15) is 15.5 Å². The topological polar surface area (TPSA) is 132 Å². The van der Waals surface area contributed by atoms with Crippen LogP contribution < -0.4 is 24.8 Å². The van der Waals surface area contributed by atoms with E-state index in [2.05, 4.69) is 27.8 Å². The Bertz CT molecular complexity index is 2130. The Kier molecular flexibility index (Phi) is 14.2. The Morgan fingerprint density at radius 1 is 0.722 bits per heavy atom. The minimum Gasteiger partial charge on any atom is -0.492 e. The fraction of sp³-hybridized carbons (Fsp3) is 0.262. The largest absolute Gasteiger partial charge is 0.492 e. The molecule has 0 fully saturated rings. The van der Waals surface area contributed by atoms with Crippen LogP contribution in [0.5, 0.6) is 17.5 Å². The van der Waals surface area contributed by atoms with Crippen LogP contribution in [0.4, 0.5) is 0 Å². The lowest BCUT2D eigenvalue weighted by Crippen LogP contribution is -2.35. The third-order valence-corrected chi connectivity index (χ3v) is 9.28. The van der Waals surface area contributed by atoms with Crippen LogP contribution >= 0.6 is 34.8 Å². The maximum atomic E-state index is 9.42. The normalized spacial score (nSPS) is 11.1. The molecule has 0 unspecified atom stereocenters. The van der Waals surface area contributed by atoms with E-state index in [1.54, 1.807) is 18.2 Å². The van der Waals surface area contributed by atoms with Gasteiger partial charge in [-0.1, -0.05) is 83.3 Å².